The van der Waals surface area contributed by atoms with E-state index in [1.54, 1.807) is 30.3 Å². The highest BCUT2D eigenvalue weighted by Crippen LogP contribution is 2.11. The SMILES string of the molecule is C=CCn1c(C(N)=O)cc2ccccc2c1=O. The summed E-state index contributed by atoms with van der Waals surface area (Å²) in [5.74, 6) is -0.616. The Balaban J connectivity index is 2.88. The van der Waals surface area contributed by atoms with E-state index < -0.39 is 5.91 Å². The maximum atomic E-state index is 12.2. The number of fused-ring (bicyclic) bond motifs is 1. The van der Waals surface area contributed by atoms with E-state index in [1.807, 2.05) is 6.07 Å². The molecule has 1 amide bonds. The number of aromatic nitrogens is 1. The van der Waals surface area contributed by atoms with Crippen molar-refractivity contribution >= 4 is 16.7 Å². The summed E-state index contributed by atoms with van der Waals surface area (Å²) < 4.78 is 1.33. The third kappa shape index (κ3) is 1.85. The fourth-order valence-electron chi connectivity index (χ4n) is 1.81. The van der Waals surface area contributed by atoms with Gasteiger partial charge in [0.25, 0.3) is 11.5 Å². The molecule has 0 fully saturated rings. The van der Waals surface area contributed by atoms with Crippen molar-refractivity contribution in [3.05, 3.63) is 59.0 Å². The number of carbonyl (C=O) groups is 1. The van der Waals surface area contributed by atoms with E-state index in [-0.39, 0.29) is 17.8 Å². The summed E-state index contributed by atoms with van der Waals surface area (Å²) in [6, 6.07) is 8.72. The molecule has 0 aliphatic carbocycles. The molecule has 1 aromatic carbocycles. The number of hydrogen-bond acceptors (Lipinski definition) is 2. The van der Waals surface area contributed by atoms with E-state index in [4.69, 9.17) is 5.73 Å². The number of nitrogens with two attached hydrogens (primary N) is 1. The summed E-state index contributed by atoms with van der Waals surface area (Å²) in [5.41, 5.74) is 5.25. The highest BCUT2D eigenvalue weighted by molar-refractivity contribution is 5.95. The number of allylic oxidation sites excluding steroid dienone is 1. The minimum atomic E-state index is -0.616. The van der Waals surface area contributed by atoms with E-state index >= 15 is 0 Å². The van der Waals surface area contributed by atoms with Crippen molar-refractivity contribution in [2.24, 2.45) is 5.73 Å². The largest absolute Gasteiger partial charge is 0.364 e. The lowest BCUT2D eigenvalue weighted by molar-refractivity contribution is 0.0991. The Kier molecular flexibility index (Phi) is 2.78. The minimum Gasteiger partial charge on any atom is -0.364 e. The number of hydrogen-bond donors (Lipinski definition) is 1. The van der Waals surface area contributed by atoms with Gasteiger partial charge in [-0.2, -0.15) is 0 Å². The molecule has 1 heterocycles. The topological polar surface area (TPSA) is 65.1 Å². The quantitative estimate of drug-likeness (QED) is 0.804. The first-order chi connectivity index (χ1) is 8.15. The third-order valence-electron chi connectivity index (χ3n) is 2.58. The number of primary amides is 1. The van der Waals surface area contributed by atoms with E-state index in [2.05, 4.69) is 6.58 Å². The zero-order valence-corrected chi connectivity index (χ0v) is 9.22. The predicted molar refractivity (Wildman–Crippen MR) is 66.9 cm³/mol. The monoisotopic (exact) mass is 228 g/mol. The fraction of sp³-hybridized carbons (Fsp3) is 0.0769. The Morgan fingerprint density at radius 1 is 1.41 bits per heavy atom. The Morgan fingerprint density at radius 2 is 2.12 bits per heavy atom. The van der Waals surface area contributed by atoms with Gasteiger partial charge >= 0.3 is 0 Å². The van der Waals surface area contributed by atoms with Gasteiger partial charge in [0.05, 0.1) is 0 Å². The van der Waals surface area contributed by atoms with Gasteiger partial charge in [-0.15, -0.1) is 6.58 Å². The van der Waals surface area contributed by atoms with Crippen LogP contribution < -0.4 is 11.3 Å². The van der Waals surface area contributed by atoms with Crippen LogP contribution in [-0.4, -0.2) is 10.5 Å². The van der Waals surface area contributed by atoms with Crippen LogP contribution in [0.15, 0.2) is 47.8 Å². The van der Waals surface area contributed by atoms with Crippen LogP contribution in [0.1, 0.15) is 10.5 Å². The van der Waals surface area contributed by atoms with Crippen molar-refractivity contribution in [1.82, 2.24) is 4.57 Å². The number of amides is 1. The van der Waals surface area contributed by atoms with Crippen LogP contribution >= 0.6 is 0 Å². The minimum absolute atomic E-state index is 0.202. The first kappa shape index (κ1) is 11.1. The highest BCUT2D eigenvalue weighted by Gasteiger charge is 2.11. The van der Waals surface area contributed by atoms with Gasteiger partial charge in [-0.05, 0) is 17.5 Å². The van der Waals surface area contributed by atoms with Crippen molar-refractivity contribution in [2.45, 2.75) is 6.54 Å². The second-order valence-electron chi connectivity index (χ2n) is 3.69. The number of carbonyl (C=O) groups excluding carboxylic acids is 1. The maximum Gasteiger partial charge on any atom is 0.265 e. The molecule has 0 aliphatic heterocycles. The highest BCUT2D eigenvalue weighted by atomic mass is 16.2. The maximum absolute atomic E-state index is 12.2. The summed E-state index contributed by atoms with van der Waals surface area (Å²) in [4.78, 5) is 23.5. The second kappa shape index (κ2) is 4.25. The molecule has 2 N–H and O–H groups in total. The molecule has 4 heteroatoms. The molecule has 0 spiro atoms. The molecular weight excluding hydrogens is 216 g/mol. The van der Waals surface area contributed by atoms with Crippen LogP contribution in [0.5, 0.6) is 0 Å². The van der Waals surface area contributed by atoms with Gasteiger partial charge in [0.15, 0.2) is 0 Å². The Hall–Kier alpha value is -2.36. The first-order valence-corrected chi connectivity index (χ1v) is 5.18. The van der Waals surface area contributed by atoms with Crippen LogP contribution in [0.3, 0.4) is 0 Å². The molecule has 0 saturated carbocycles. The van der Waals surface area contributed by atoms with Crippen molar-refractivity contribution in [1.29, 1.82) is 0 Å². The molecule has 0 atom stereocenters. The Labute approximate surface area is 98.0 Å². The molecule has 0 radical (unpaired) electrons. The smallest absolute Gasteiger partial charge is 0.265 e. The normalized spacial score (nSPS) is 10.4. The number of benzene rings is 1. The Morgan fingerprint density at radius 3 is 2.76 bits per heavy atom. The van der Waals surface area contributed by atoms with Crippen LogP contribution in [-0.2, 0) is 6.54 Å². The molecule has 0 bridgehead atoms. The number of rotatable bonds is 3. The lowest BCUT2D eigenvalue weighted by atomic mass is 10.1. The van der Waals surface area contributed by atoms with Gasteiger partial charge in [-0.1, -0.05) is 24.3 Å². The van der Waals surface area contributed by atoms with Crippen molar-refractivity contribution in [3.63, 3.8) is 0 Å². The van der Waals surface area contributed by atoms with Gasteiger partial charge in [-0.25, -0.2) is 0 Å². The van der Waals surface area contributed by atoms with Crippen LogP contribution in [0.2, 0.25) is 0 Å². The van der Waals surface area contributed by atoms with Gasteiger partial charge in [0.2, 0.25) is 0 Å². The standard InChI is InChI=1S/C13H12N2O2/c1-2-7-15-11(12(14)16)8-9-5-3-4-6-10(9)13(15)17/h2-6,8H,1,7H2,(H2,14,16). The van der Waals surface area contributed by atoms with Crippen molar-refractivity contribution in [3.8, 4) is 0 Å². The summed E-state index contributed by atoms with van der Waals surface area (Å²) in [5, 5.41) is 1.28. The summed E-state index contributed by atoms with van der Waals surface area (Å²) in [6.45, 7) is 3.83. The summed E-state index contributed by atoms with van der Waals surface area (Å²) >= 11 is 0. The number of pyridine rings is 1. The van der Waals surface area contributed by atoms with Crippen LogP contribution in [0.25, 0.3) is 10.8 Å². The average molecular weight is 228 g/mol. The summed E-state index contributed by atoms with van der Waals surface area (Å²) in [6.07, 6.45) is 1.56. The molecule has 2 rings (SSSR count). The third-order valence-corrected chi connectivity index (χ3v) is 2.58. The van der Waals surface area contributed by atoms with E-state index in [9.17, 15) is 9.59 Å². The van der Waals surface area contributed by atoms with Gasteiger partial charge in [-0.3, -0.25) is 14.2 Å². The number of nitrogens with zero attached hydrogens (tertiary/aromatic N) is 1. The fourth-order valence-corrected chi connectivity index (χ4v) is 1.81. The summed E-state index contributed by atoms with van der Waals surface area (Å²) in [7, 11) is 0. The van der Waals surface area contributed by atoms with E-state index in [0.29, 0.717) is 10.8 Å². The molecule has 0 aliphatic rings. The predicted octanol–water partition coefficient (Wildman–Crippen LogP) is 1.29. The average Bonchev–Trinajstić information content (AvgIpc) is 2.32. The van der Waals surface area contributed by atoms with E-state index in [0.717, 1.165) is 0 Å². The second-order valence-corrected chi connectivity index (χ2v) is 3.69. The lowest BCUT2D eigenvalue weighted by Gasteiger charge is -2.09. The zero-order valence-electron chi connectivity index (χ0n) is 9.22. The van der Waals surface area contributed by atoms with Crippen molar-refractivity contribution < 1.29 is 4.79 Å². The van der Waals surface area contributed by atoms with Crippen LogP contribution in [0, 0.1) is 0 Å². The van der Waals surface area contributed by atoms with Crippen molar-refractivity contribution in [2.75, 3.05) is 0 Å². The zero-order chi connectivity index (χ0) is 12.4. The van der Waals surface area contributed by atoms with Gasteiger partial charge in [0.1, 0.15) is 5.69 Å². The molecule has 2 aromatic rings. The van der Waals surface area contributed by atoms with E-state index in [1.165, 1.54) is 4.57 Å². The van der Waals surface area contributed by atoms with Crippen LogP contribution in [0.4, 0.5) is 0 Å². The first-order valence-electron chi connectivity index (χ1n) is 5.18. The Bertz CT molecular complexity index is 656. The molecule has 4 nitrogen and oxygen atoms in total. The lowest BCUT2D eigenvalue weighted by Crippen LogP contribution is -2.28. The molecule has 0 unspecified atom stereocenters. The van der Waals surface area contributed by atoms with Gasteiger partial charge in [0, 0.05) is 11.9 Å². The molecular formula is C13H12N2O2. The van der Waals surface area contributed by atoms with Gasteiger partial charge < -0.3 is 5.73 Å². The molecule has 86 valence electrons. The molecule has 1 aromatic heterocycles. The molecule has 0 saturated heterocycles. The molecule has 17 heavy (non-hydrogen) atoms.